The van der Waals surface area contributed by atoms with E-state index < -0.39 is 0 Å². The lowest BCUT2D eigenvalue weighted by molar-refractivity contribution is 0.0732. The lowest BCUT2D eigenvalue weighted by Crippen LogP contribution is -2.31. The van der Waals surface area contributed by atoms with Gasteiger partial charge in [0.1, 0.15) is 18.5 Å². The van der Waals surface area contributed by atoms with Gasteiger partial charge in [-0.25, -0.2) is 9.97 Å². The number of amides is 1. The average molecular weight is 334 g/mol. The Morgan fingerprint density at radius 1 is 1.20 bits per heavy atom. The van der Waals surface area contributed by atoms with Gasteiger partial charge in [0.15, 0.2) is 0 Å². The maximum Gasteiger partial charge on any atom is 0.254 e. The number of nitrogens with zero attached hydrogens (tertiary/aromatic N) is 6. The highest BCUT2D eigenvalue weighted by Crippen LogP contribution is 2.32. The number of rotatable bonds is 3. The highest BCUT2D eigenvalue weighted by Gasteiger charge is 2.31. The zero-order valence-electron chi connectivity index (χ0n) is 13.9. The number of aromatic nitrogens is 5. The molecule has 126 valence electrons. The molecule has 4 rings (SSSR count). The number of likely N-dealkylation sites (tertiary alicyclic amines) is 1. The van der Waals surface area contributed by atoms with Gasteiger partial charge in [-0.1, -0.05) is 6.07 Å². The van der Waals surface area contributed by atoms with Crippen molar-refractivity contribution in [3.05, 3.63) is 66.3 Å². The first-order chi connectivity index (χ1) is 12.2. The Labute approximate surface area is 145 Å². The second kappa shape index (κ2) is 6.43. The molecular formula is C18H18N6O. The van der Waals surface area contributed by atoms with Gasteiger partial charge in [-0.2, -0.15) is 0 Å². The molecule has 25 heavy (non-hydrogen) atoms. The van der Waals surface area contributed by atoms with Crippen LogP contribution in [-0.4, -0.2) is 42.1 Å². The minimum atomic E-state index is 0.00719. The molecule has 3 aromatic rings. The van der Waals surface area contributed by atoms with Crippen molar-refractivity contribution >= 4 is 5.91 Å². The molecule has 0 saturated carbocycles. The van der Waals surface area contributed by atoms with Crippen molar-refractivity contribution in [3.63, 3.8) is 0 Å². The third-order valence-corrected chi connectivity index (χ3v) is 4.46. The molecule has 1 fully saturated rings. The first-order valence-corrected chi connectivity index (χ1v) is 8.28. The standard InChI is InChI=1S/C18H18N6O/c1-13-19-8-7-16(22-13)17-6-3-9-24(17)18(25)14-4-2-5-15(10-14)23-11-20-21-12-23/h2,4-5,7-8,10-12,17H,3,6,9H2,1H3. The number of carbonyl (C=O) groups excluding carboxylic acids is 1. The molecule has 1 aliphatic heterocycles. The number of hydrogen-bond acceptors (Lipinski definition) is 5. The summed E-state index contributed by atoms with van der Waals surface area (Å²) in [6, 6.07) is 9.42. The summed E-state index contributed by atoms with van der Waals surface area (Å²) in [5, 5.41) is 7.63. The van der Waals surface area contributed by atoms with Gasteiger partial charge >= 0.3 is 0 Å². The zero-order chi connectivity index (χ0) is 17.2. The SMILES string of the molecule is Cc1nccc(C2CCCN2C(=O)c2cccc(-n3cnnc3)c2)n1. The molecule has 7 nitrogen and oxygen atoms in total. The maximum atomic E-state index is 13.1. The number of benzene rings is 1. The highest BCUT2D eigenvalue weighted by molar-refractivity contribution is 5.95. The first-order valence-electron chi connectivity index (χ1n) is 8.28. The Morgan fingerprint density at radius 3 is 2.84 bits per heavy atom. The maximum absolute atomic E-state index is 13.1. The molecule has 3 heterocycles. The van der Waals surface area contributed by atoms with Crippen molar-refractivity contribution in [1.29, 1.82) is 0 Å². The topological polar surface area (TPSA) is 76.8 Å². The van der Waals surface area contributed by atoms with Crippen LogP contribution < -0.4 is 0 Å². The van der Waals surface area contributed by atoms with Crippen LogP contribution in [0, 0.1) is 6.92 Å². The van der Waals surface area contributed by atoms with Gasteiger partial charge in [-0.3, -0.25) is 9.36 Å². The summed E-state index contributed by atoms with van der Waals surface area (Å²) < 4.78 is 1.78. The van der Waals surface area contributed by atoms with Crippen LogP contribution in [0.5, 0.6) is 0 Å². The van der Waals surface area contributed by atoms with Gasteiger partial charge in [-0.05, 0) is 44.0 Å². The molecule has 1 unspecified atom stereocenters. The molecule has 1 amide bonds. The summed E-state index contributed by atoms with van der Waals surface area (Å²) in [7, 11) is 0. The zero-order valence-corrected chi connectivity index (χ0v) is 13.9. The largest absolute Gasteiger partial charge is 0.330 e. The van der Waals surface area contributed by atoms with E-state index in [0.29, 0.717) is 5.56 Å². The molecule has 1 aromatic carbocycles. The smallest absolute Gasteiger partial charge is 0.254 e. The van der Waals surface area contributed by atoms with E-state index in [1.165, 1.54) is 0 Å². The van der Waals surface area contributed by atoms with Crippen LogP contribution in [0.2, 0.25) is 0 Å². The summed E-state index contributed by atoms with van der Waals surface area (Å²) in [5.74, 6) is 0.750. The molecule has 0 N–H and O–H groups in total. The van der Waals surface area contributed by atoms with E-state index in [1.54, 1.807) is 23.4 Å². The highest BCUT2D eigenvalue weighted by atomic mass is 16.2. The molecule has 1 aliphatic rings. The van der Waals surface area contributed by atoms with Crippen LogP contribution in [0.3, 0.4) is 0 Å². The van der Waals surface area contributed by atoms with E-state index in [-0.39, 0.29) is 11.9 Å². The van der Waals surface area contributed by atoms with Gasteiger partial charge in [0, 0.05) is 24.0 Å². The Kier molecular flexibility index (Phi) is 3.97. The van der Waals surface area contributed by atoms with E-state index >= 15 is 0 Å². The minimum absolute atomic E-state index is 0.00719. The lowest BCUT2D eigenvalue weighted by atomic mass is 10.1. The van der Waals surface area contributed by atoms with Gasteiger partial charge < -0.3 is 4.90 Å². The third-order valence-electron chi connectivity index (χ3n) is 4.46. The van der Waals surface area contributed by atoms with Crippen LogP contribution in [0.25, 0.3) is 5.69 Å². The van der Waals surface area contributed by atoms with E-state index in [0.717, 1.165) is 36.6 Å². The van der Waals surface area contributed by atoms with Gasteiger partial charge in [-0.15, -0.1) is 10.2 Å². The summed E-state index contributed by atoms with van der Waals surface area (Å²) in [5.41, 5.74) is 2.43. The van der Waals surface area contributed by atoms with Crippen molar-refractivity contribution in [2.24, 2.45) is 0 Å². The molecular weight excluding hydrogens is 316 g/mol. The Bertz CT molecular complexity index is 892. The van der Waals surface area contributed by atoms with Crippen LogP contribution in [0.1, 0.15) is 40.8 Å². The second-order valence-electron chi connectivity index (χ2n) is 6.10. The molecule has 2 aromatic heterocycles. The Balaban J connectivity index is 1.63. The predicted octanol–water partition coefficient (Wildman–Crippen LogP) is 2.34. The van der Waals surface area contributed by atoms with Crippen molar-refractivity contribution in [2.45, 2.75) is 25.8 Å². The van der Waals surface area contributed by atoms with E-state index in [4.69, 9.17) is 0 Å². The quantitative estimate of drug-likeness (QED) is 0.735. The second-order valence-corrected chi connectivity index (χ2v) is 6.10. The third kappa shape index (κ3) is 3.00. The summed E-state index contributed by atoms with van der Waals surface area (Å²) in [6.45, 7) is 2.61. The average Bonchev–Trinajstić information content (AvgIpc) is 3.33. The van der Waals surface area contributed by atoms with Crippen molar-refractivity contribution in [3.8, 4) is 5.69 Å². The van der Waals surface area contributed by atoms with Crippen molar-refractivity contribution in [1.82, 2.24) is 29.6 Å². The molecule has 0 aliphatic carbocycles. The summed E-state index contributed by atoms with van der Waals surface area (Å²) in [6.07, 6.45) is 6.89. The van der Waals surface area contributed by atoms with Gasteiger partial charge in [0.25, 0.3) is 5.91 Å². The molecule has 0 bridgehead atoms. The Hall–Kier alpha value is -3.09. The van der Waals surface area contributed by atoms with Crippen molar-refractivity contribution in [2.75, 3.05) is 6.54 Å². The van der Waals surface area contributed by atoms with E-state index in [1.807, 2.05) is 42.2 Å². The fraction of sp³-hybridized carbons (Fsp3) is 0.278. The Morgan fingerprint density at radius 2 is 2.04 bits per heavy atom. The van der Waals surface area contributed by atoms with Crippen LogP contribution in [0.15, 0.2) is 49.2 Å². The lowest BCUT2D eigenvalue weighted by Gasteiger charge is -2.24. The van der Waals surface area contributed by atoms with Crippen LogP contribution >= 0.6 is 0 Å². The molecule has 1 atom stereocenters. The molecule has 0 spiro atoms. The van der Waals surface area contributed by atoms with Crippen LogP contribution in [-0.2, 0) is 0 Å². The van der Waals surface area contributed by atoms with Crippen LogP contribution in [0.4, 0.5) is 0 Å². The fourth-order valence-corrected chi connectivity index (χ4v) is 3.28. The first kappa shape index (κ1) is 15.4. The molecule has 1 saturated heterocycles. The van der Waals surface area contributed by atoms with Gasteiger partial charge in [0.05, 0.1) is 11.7 Å². The number of hydrogen-bond donors (Lipinski definition) is 0. The summed E-state index contributed by atoms with van der Waals surface area (Å²) in [4.78, 5) is 23.7. The summed E-state index contributed by atoms with van der Waals surface area (Å²) >= 11 is 0. The van der Waals surface area contributed by atoms with E-state index in [2.05, 4.69) is 20.2 Å². The normalized spacial score (nSPS) is 17.0. The van der Waals surface area contributed by atoms with E-state index in [9.17, 15) is 4.79 Å². The minimum Gasteiger partial charge on any atom is -0.330 e. The predicted molar refractivity (Wildman–Crippen MR) is 91.1 cm³/mol. The fourth-order valence-electron chi connectivity index (χ4n) is 3.28. The molecule has 0 radical (unpaired) electrons. The molecule has 7 heteroatoms. The number of carbonyl (C=O) groups is 1. The van der Waals surface area contributed by atoms with Crippen molar-refractivity contribution < 1.29 is 4.79 Å². The van der Waals surface area contributed by atoms with Gasteiger partial charge in [0.2, 0.25) is 0 Å². The number of aryl methyl sites for hydroxylation is 1. The monoisotopic (exact) mass is 334 g/mol.